The fourth-order valence-corrected chi connectivity index (χ4v) is 2.68. The molecule has 136 valence electrons. The van der Waals surface area contributed by atoms with Gasteiger partial charge in [0.2, 0.25) is 0 Å². The molecule has 0 aliphatic carbocycles. The van der Waals surface area contributed by atoms with E-state index in [2.05, 4.69) is 10.6 Å². The van der Waals surface area contributed by atoms with Crippen molar-refractivity contribution in [1.29, 1.82) is 0 Å². The third-order valence-electron chi connectivity index (χ3n) is 3.92. The molecule has 0 saturated carbocycles. The minimum absolute atomic E-state index is 0.137. The molecule has 7 heteroatoms. The average Bonchev–Trinajstić information content (AvgIpc) is 3.08. The number of benzene rings is 1. The Balaban J connectivity index is 2.02. The van der Waals surface area contributed by atoms with Gasteiger partial charge in [-0.2, -0.15) is 0 Å². The molecule has 1 aromatic carbocycles. The zero-order chi connectivity index (χ0) is 18.4. The zero-order valence-corrected chi connectivity index (χ0v) is 14.5. The van der Waals surface area contributed by atoms with E-state index in [-0.39, 0.29) is 11.8 Å². The Bertz CT molecular complexity index is 638. The smallest absolute Gasteiger partial charge is 0.326 e. The summed E-state index contributed by atoms with van der Waals surface area (Å²) in [4.78, 5) is 35.7. The van der Waals surface area contributed by atoms with Crippen molar-refractivity contribution >= 4 is 23.5 Å². The highest BCUT2D eigenvalue weighted by Crippen LogP contribution is 2.16. The molecule has 2 amide bonds. The van der Waals surface area contributed by atoms with Crippen molar-refractivity contribution in [2.24, 2.45) is 5.92 Å². The van der Waals surface area contributed by atoms with Crippen LogP contribution in [0.15, 0.2) is 24.3 Å². The molecule has 3 N–H and O–H groups in total. The van der Waals surface area contributed by atoms with Gasteiger partial charge >= 0.3 is 5.97 Å². The number of hydrogen-bond donors (Lipinski definition) is 3. The van der Waals surface area contributed by atoms with E-state index in [1.807, 2.05) is 13.8 Å². The van der Waals surface area contributed by atoms with Crippen molar-refractivity contribution in [2.75, 3.05) is 11.9 Å². The number of carboxylic acids is 1. The van der Waals surface area contributed by atoms with Gasteiger partial charge in [0.15, 0.2) is 0 Å². The molecule has 1 unspecified atom stereocenters. The Hall–Kier alpha value is -2.41. The lowest BCUT2D eigenvalue weighted by molar-refractivity contribution is -0.139. The molecule has 1 aliphatic heterocycles. The molecule has 0 aromatic heterocycles. The Morgan fingerprint density at radius 1 is 1.32 bits per heavy atom. The quantitative estimate of drug-likeness (QED) is 0.699. The van der Waals surface area contributed by atoms with Gasteiger partial charge in [-0.05, 0) is 43.4 Å². The molecule has 2 atom stereocenters. The Morgan fingerprint density at radius 2 is 2.08 bits per heavy atom. The molecule has 1 aromatic rings. The first-order valence-corrected chi connectivity index (χ1v) is 8.43. The van der Waals surface area contributed by atoms with Crippen LogP contribution < -0.4 is 10.6 Å². The molecule has 0 bridgehead atoms. The summed E-state index contributed by atoms with van der Waals surface area (Å²) in [5, 5.41) is 14.5. The van der Waals surface area contributed by atoms with E-state index in [1.165, 1.54) is 6.07 Å². The van der Waals surface area contributed by atoms with Crippen LogP contribution in [-0.2, 0) is 14.3 Å². The van der Waals surface area contributed by atoms with E-state index in [9.17, 15) is 19.5 Å². The maximum atomic E-state index is 12.3. The number of hydrogen-bond acceptors (Lipinski definition) is 4. The maximum Gasteiger partial charge on any atom is 0.326 e. The largest absolute Gasteiger partial charge is 0.480 e. The Labute approximate surface area is 146 Å². The summed E-state index contributed by atoms with van der Waals surface area (Å²) in [6.07, 6.45) is 1.42. The Morgan fingerprint density at radius 3 is 2.68 bits per heavy atom. The summed E-state index contributed by atoms with van der Waals surface area (Å²) in [5.74, 6) is -1.65. The van der Waals surface area contributed by atoms with E-state index in [1.54, 1.807) is 18.2 Å². The number of carbonyl (C=O) groups excluding carboxylic acids is 2. The predicted octanol–water partition coefficient (Wildman–Crippen LogP) is 2.03. The third kappa shape index (κ3) is 5.56. The van der Waals surface area contributed by atoms with Crippen LogP contribution in [0, 0.1) is 5.92 Å². The van der Waals surface area contributed by atoms with Crippen LogP contribution in [0.4, 0.5) is 5.69 Å². The molecule has 1 heterocycles. The molecule has 1 aliphatic rings. The van der Waals surface area contributed by atoms with Crippen molar-refractivity contribution in [1.82, 2.24) is 5.32 Å². The molecule has 7 nitrogen and oxygen atoms in total. The molecular weight excluding hydrogens is 324 g/mol. The molecule has 25 heavy (non-hydrogen) atoms. The van der Waals surface area contributed by atoms with E-state index >= 15 is 0 Å². The van der Waals surface area contributed by atoms with Gasteiger partial charge in [0.25, 0.3) is 11.8 Å². The zero-order valence-electron chi connectivity index (χ0n) is 14.5. The number of carbonyl (C=O) groups is 3. The van der Waals surface area contributed by atoms with Gasteiger partial charge in [-0.3, -0.25) is 9.59 Å². The van der Waals surface area contributed by atoms with Gasteiger partial charge in [0.1, 0.15) is 12.1 Å². The number of anilines is 1. The SMILES string of the molecule is CC(C)C[C@H](NC(=O)c1cccc(NC(=O)C2CCCO2)c1)C(=O)O. The van der Waals surface area contributed by atoms with Crippen LogP contribution in [0.5, 0.6) is 0 Å². The second-order valence-corrected chi connectivity index (χ2v) is 6.57. The topological polar surface area (TPSA) is 105 Å². The highest BCUT2D eigenvalue weighted by molar-refractivity contribution is 5.99. The summed E-state index contributed by atoms with van der Waals surface area (Å²) in [6.45, 7) is 4.36. The summed E-state index contributed by atoms with van der Waals surface area (Å²) in [6, 6.07) is 5.46. The van der Waals surface area contributed by atoms with Gasteiger partial charge in [0.05, 0.1) is 0 Å². The normalized spacial score (nSPS) is 18.0. The van der Waals surface area contributed by atoms with E-state index in [4.69, 9.17) is 4.74 Å². The number of carboxylic acid groups (broad SMARTS) is 1. The van der Waals surface area contributed by atoms with E-state index in [0.717, 1.165) is 6.42 Å². The van der Waals surface area contributed by atoms with E-state index < -0.39 is 24.0 Å². The summed E-state index contributed by atoms with van der Waals surface area (Å²) >= 11 is 0. The monoisotopic (exact) mass is 348 g/mol. The van der Waals surface area contributed by atoms with Gasteiger partial charge in [-0.25, -0.2) is 4.79 Å². The first-order valence-electron chi connectivity index (χ1n) is 8.43. The van der Waals surface area contributed by atoms with Gasteiger partial charge in [-0.1, -0.05) is 19.9 Å². The molecule has 2 rings (SSSR count). The minimum atomic E-state index is -1.06. The number of rotatable bonds is 7. The number of aliphatic carboxylic acids is 1. The first-order chi connectivity index (χ1) is 11.9. The average molecular weight is 348 g/mol. The van der Waals surface area contributed by atoms with Gasteiger partial charge < -0.3 is 20.5 Å². The lowest BCUT2D eigenvalue weighted by Gasteiger charge is -2.17. The second-order valence-electron chi connectivity index (χ2n) is 6.57. The highest BCUT2D eigenvalue weighted by atomic mass is 16.5. The van der Waals surface area contributed by atoms with Crippen LogP contribution >= 0.6 is 0 Å². The summed E-state index contributed by atoms with van der Waals surface area (Å²) < 4.78 is 5.32. The van der Waals surface area contributed by atoms with Crippen LogP contribution in [0.1, 0.15) is 43.5 Å². The van der Waals surface area contributed by atoms with Crippen LogP contribution in [0.25, 0.3) is 0 Å². The van der Waals surface area contributed by atoms with Crippen LogP contribution in [0.2, 0.25) is 0 Å². The maximum absolute atomic E-state index is 12.3. The second kappa shape index (κ2) is 8.62. The minimum Gasteiger partial charge on any atom is -0.480 e. The fraction of sp³-hybridized carbons (Fsp3) is 0.500. The van der Waals surface area contributed by atoms with Crippen molar-refractivity contribution in [3.63, 3.8) is 0 Å². The van der Waals surface area contributed by atoms with Crippen molar-refractivity contribution in [3.8, 4) is 0 Å². The lowest BCUT2D eigenvalue weighted by Crippen LogP contribution is -2.41. The molecular formula is C18H24N2O5. The van der Waals surface area contributed by atoms with Crippen molar-refractivity contribution in [3.05, 3.63) is 29.8 Å². The molecule has 1 fully saturated rings. The van der Waals surface area contributed by atoms with Gasteiger partial charge in [0, 0.05) is 17.9 Å². The van der Waals surface area contributed by atoms with Crippen LogP contribution in [-0.4, -0.2) is 41.6 Å². The highest BCUT2D eigenvalue weighted by Gasteiger charge is 2.24. The first kappa shape index (κ1) is 18.9. The Kier molecular flexibility index (Phi) is 6.52. The molecule has 1 saturated heterocycles. The number of nitrogens with one attached hydrogen (secondary N) is 2. The van der Waals surface area contributed by atoms with Gasteiger partial charge in [-0.15, -0.1) is 0 Å². The van der Waals surface area contributed by atoms with Crippen molar-refractivity contribution < 1.29 is 24.2 Å². The van der Waals surface area contributed by atoms with Crippen molar-refractivity contribution in [2.45, 2.75) is 45.3 Å². The molecule has 0 spiro atoms. The predicted molar refractivity (Wildman–Crippen MR) is 92.4 cm³/mol. The summed E-state index contributed by atoms with van der Waals surface area (Å²) in [5.41, 5.74) is 0.768. The van der Waals surface area contributed by atoms with Crippen LogP contribution in [0.3, 0.4) is 0 Å². The number of amides is 2. The molecule has 0 radical (unpaired) electrons. The third-order valence-corrected chi connectivity index (χ3v) is 3.92. The summed E-state index contributed by atoms with van der Waals surface area (Å²) in [7, 11) is 0. The standard InChI is InChI=1S/C18H24N2O5/c1-11(2)9-14(18(23)24)20-16(21)12-5-3-6-13(10-12)19-17(22)15-7-4-8-25-15/h3,5-6,10-11,14-15H,4,7-9H2,1-2H3,(H,19,22)(H,20,21)(H,23,24)/t14-,15?/m0/s1. The van der Waals surface area contributed by atoms with E-state index in [0.29, 0.717) is 30.7 Å². The number of ether oxygens (including phenoxy) is 1. The fourth-order valence-electron chi connectivity index (χ4n) is 2.68. The lowest BCUT2D eigenvalue weighted by atomic mass is 10.0.